The fraction of sp³-hybridized carbons (Fsp3) is 0.696. The van der Waals surface area contributed by atoms with Gasteiger partial charge < -0.3 is 18.9 Å². The van der Waals surface area contributed by atoms with Gasteiger partial charge in [0.2, 0.25) is 0 Å². The maximum absolute atomic E-state index is 12.3. The lowest BCUT2D eigenvalue weighted by Crippen LogP contribution is -2.42. The van der Waals surface area contributed by atoms with Crippen LogP contribution in [0.2, 0.25) is 0 Å². The van der Waals surface area contributed by atoms with Gasteiger partial charge in [-0.2, -0.15) is 0 Å². The fourth-order valence-corrected chi connectivity index (χ4v) is 3.89. The Hall–Kier alpha value is -2.15. The van der Waals surface area contributed by atoms with E-state index >= 15 is 0 Å². The van der Waals surface area contributed by atoms with Crippen LogP contribution in [0.4, 0.5) is 0 Å². The number of esters is 3. The summed E-state index contributed by atoms with van der Waals surface area (Å²) in [5.41, 5.74) is 0. The van der Waals surface area contributed by atoms with Crippen LogP contribution in [0, 0.1) is 17.8 Å². The molecular weight excluding hydrogens is 388 g/mol. The molecule has 0 N–H and O–H groups in total. The van der Waals surface area contributed by atoms with Gasteiger partial charge in [-0.05, 0) is 25.7 Å². The van der Waals surface area contributed by atoms with Crippen LogP contribution < -0.4 is 0 Å². The second kappa shape index (κ2) is 13.2. The predicted octanol–water partition coefficient (Wildman–Crippen LogP) is 3.61. The molecule has 1 aliphatic heterocycles. The molecule has 1 aliphatic rings. The van der Waals surface area contributed by atoms with Gasteiger partial charge in [0.25, 0.3) is 0 Å². The molecule has 0 fully saturated rings. The Bertz CT molecular complexity index is 625. The van der Waals surface area contributed by atoms with E-state index in [2.05, 4.69) is 17.7 Å². The second-order valence-electron chi connectivity index (χ2n) is 7.76. The highest BCUT2D eigenvalue weighted by Crippen LogP contribution is 2.31. The van der Waals surface area contributed by atoms with Crippen LogP contribution in [0.5, 0.6) is 0 Å². The topological polar surface area (TPSA) is 88.1 Å². The smallest absolute Gasteiger partial charge is 0.330 e. The van der Waals surface area contributed by atoms with Gasteiger partial charge in [-0.25, -0.2) is 4.79 Å². The molecule has 7 nitrogen and oxygen atoms in total. The average Bonchev–Trinajstić information content (AvgIpc) is 2.72. The van der Waals surface area contributed by atoms with Gasteiger partial charge in [-0.15, -0.1) is 0 Å². The first-order valence-electron chi connectivity index (χ1n) is 10.6. The Morgan fingerprint density at radius 3 is 2.50 bits per heavy atom. The van der Waals surface area contributed by atoms with Crippen molar-refractivity contribution in [1.82, 2.24) is 0 Å². The first kappa shape index (κ1) is 25.9. The zero-order valence-electron chi connectivity index (χ0n) is 19.0. The van der Waals surface area contributed by atoms with Gasteiger partial charge in [0.05, 0.1) is 13.2 Å². The Balaban J connectivity index is 3.05. The Morgan fingerprint density at radius 2 is 1.93 bits per heavy atom. The number of hydrogen-bond acceptors (Lipinski definition) is 7. The van der Waals surface area contributed by atoms with Crippen LogP contribution in [0.3, 0.4) is 0 Å². The first-order valence-corrected chi connectivity index (χ1v) is 10.6. The van der Waals surface area contributed by atoms with Gasteiger partial charge in [-0.3, -0.25) is 9.59 Å². The van der Waals surface area contributed by atoms with Crippen molar-refractivity contribution >= 4 is 17.9 Å². The van der Waals surface area contributed by atoms with Gasteiger partial charge in [0.1, 0.15) is 18.6 Å². The van der Waals surface area contributed by atoms with E-state index in [0.29, 0.717) is 6.42 Å². The number of allylic oxidation sites excluding steroid dienone is 2. The second-order valence-corrected chi connectivity index (χ2v) is 7.76. The molecule has 170 valence electrons. The number of rotatable bonds is 12. The van der Waals surface area contributed by atoms with Gasteiger partial charge in [0.15, 0.2) is 0 Å². The molecule has 6 atom stereocenters. The third-order valence-corrected chi connectivity index (χ3v) is 5.64. The van der Waals surface area contributed by atoms with Crippen LogP contribution in [0.1, 0.15) is 53.4 Å². The number of carbonyl (C=O) groups excluding carboxylic acids is 3. The summed E-state index contributed by atoms with van der Waals surface area (Å²) >= 11 is 0. The molecule has 0 unspecified atom stereocenters. The number of ether oxygens (including phenoxy) is 4. The number of methoxy groups -OCH3 is 2. The molecule has 0 aromatic rings. The minimum atomic E-state index is -0.666. The molecule has 30 heavy (non-hydrogen) atoms. The molecule has 0 aliphatic carbocycles. The third-order valence-electron chi connectivity index (χ3n) is 5.64. The van der Waals surface area contributed by atoms with E-state index in [1.165, 1.54) is 13.2 Å². The Kier molecular flexibility index (Phi) is 11.4. The molecule has 0 aromatic carbocycles. The highest BCUT2D eigenvalue weighted by atomic mass is 16.6. The zero-order valence-corrected chi connectivity index (χ0v) is 19.0. The summed E-state index contributed by atoms with van der Waals surface area (Å²) in [6.45, 7) is 8.01. The average molecular weight is 425 g/mol. The number of cyclic esters (lactones) is 1. The highest BCUT2D eigenvalue weighted by molar-refractivity contribution is 5.91. The molecular formula is C23H36O7. The van der Waals surface area contributed by atoms with Crippen molar-refractivity contribution < 1.29 is 33.3 Å². The van der Waals surface area contributed by atoms with Crippen molar-refractivity contribution in [1.29, 1.82) is 0 Å². The van der Waals surface area contributed by atoms with E-state index in [-0.39, 0.29) is 23.9 Å². The summed E-state index contributed by atoms with van der Waals surface area (Å²) in [6.07, 6.45) is 7.63. The van der Waals surface area contributed by atoms with E-state index < -0.39 is 36.5 Å². The SMILES string of the molecule is C/C=C/C[C@H](C)[C@@H](OC)[C@@H](C)[C@@H](C[C@H]1OC(=O)C=C[C@H]1CC)OC(=O)CC(=O)OC. The number of carbonyl (C=O) groups is 3. The molecule has 0 spiro atoms. The van der Waals surface area contributed by atoms with Crippen molar-refractivity contribution in [3.05, 3.63) is 24.3 Å². The molecule has 0 radical (unpaired) electrons. The highest BCUT2D eigenvalue weighted by Gasteiger charge is 2.37. The third kappa shape index (κ3) is 7.94. The maximum Gasteiger partial charge on any atom is 0.330 e. The molecule has 0 aromatic heterocycles. The predicted molar refractivity (Wildman–Crippen MR) is 112 cm³/mol. The quantitative estimate of drug-likeness (QED) is 0.205. The summed E-state index contributed by atoms with van der Waals surface area (Å²) < 4.78 is 21.6. The van der Waals surface area contributed by atoms with Crippen LogP contribution in [-0.4, -0.2) is 50.4 Å². The zero-order chi connectivity index (χ0) is 22.7. The summed E-state index contributed by atoms with van der Waals surface area (Å²) in [5.74, 6) is -1.69. The Labute approximate surface area is 179 Å². The largest absolute Gasteiger partial charge is 0.469 e. The standard InChI is InChI=1S/C23H36O7/c1-7-9-10-15(3)23(28-6)16(4)18(29-22(26)14-21(25)27-5)13-19-17(8-2)11-12-20(24)30-19/h7,9,11-12,15-19,23H,8,10,13-14H2,1-6H3/b9-7+/t15-,16-,17+,18+,19+,23+/m0/s1. The van der Waals surface area contributed by atoms with Gasteiger partial charge >= 0.3 is 17.9 Å². The summed E-state index contributed by atoms with van der Waals surface area (Å²) in [4.78, 5) is 35.6. The molecule has 7 heteroatoms. The van der Waals surface area contributed by atoms with Crippen molar-refractivity contribution in [3.8, 4) is 0 Å². The normalized spacial score (nSPS) is 22.8. The number of hydrogen-bond donors (Lipinski definition) is 0. The van der Waals surface area contributed by atoms with Crippen LogP contribution in [-0.2, 0) is 33.3 Å². The van der Waals surface area contributed by atoms with Crippen molar-refractivity contribution in [2.24, 2.45) is 17.8 Å². The molecule has 1 rings (SSSR count). The summed E-state index contributed by atoms with van der Waals surface area (Å²) in [5, 5.41) is 0. The molecule has 0 bridgehead atoms. The van der Waals surface area contributed by atoms with Crippen LogP contribution in [0.25, 0.3) is 0 Å². The van der Waals surface area contributed by atoms with E-state index in [1.807, 2.05) is 32.9 Å². The van der Waals surface area contributed by atoms with Crippen molar-refractivity contribution in [3.63, 3.8) is 0 Å². The monoisotopic (exact) mass is 424 g/mol. The van der Waals surface area contributed by atoms with Crippen molar-refractivity contribution in [2.75, 3.05) is 14.2 Å². The van der Waals surface area contributed by atoms with Gasteiger partial charge in [-0.1, -0.05) is 39.0 Å². The van der Waals surface area contributed by atoms with Crippen LogP contribution >= 0.6 is 0 Å². The fourth-order valence-electron chi connectivity index (χ4n) is 3.89. The lowest BCUT2D eigenvalue weighted by molar-refractivity contribution is -0.165. The van der Waals surface area contributed by atoms with E-state index in [1.54, 1.807) is 7.11 Å². The molecule has 1 heterocycles. The van der Waals surface area contributed by atoms with E-state index in [4.69, 9.17) is 14.2 Å². The lowest BCUT2D eigenvalue weighted by atomic mass is 9.83. The molecule has 0 saturated carbocycles. The van der Waals surface area contributed by atoms with Crippen molar-refractivity contribution in [2.45, 2.75) is 71.7 Å². The minimum absolute atomic E-state index is 0.0400. The first-order chi connectivity index (χ1) is 14.3. The summed E-state index contributed by atoms with van der Waals surface area (Å²) in [6, 6.07) is 0. The van der Waals surface area contributed by atoms with Crippen LogP contribution in [0.15, 0.2) is 24.3 Å². The summed E-state index contributed by atoms with van der Waals surface area (Å²) in [7, 11) is 2.86. The lowest BCUT2D eigenvalue weighted by Gasteiger charge is -2.36. The Morgan fingerprint density at radius 1 is 1.23 bits per heavy atom. The van der Waals surface area contributed by atoms with E-state index in [9.17, 15) is 14.4 Å². The molecule has 0 amide bonds. The minimum Gasteiger partial charge on any atom is -0.469 e. The van der Waals surface area contributed by atoms with E-state index in [0.717, 1.165) is 12.8 Å². The van der Waals surface area contributed by atoms with Gasteiger partial charge in [0, 0.05) is 31.4 Å². The molecule has 0 saturated heterocycles. The maximum atomic E-state index is 12.3.